The van der Waals surface area contributed by atoms with Crippen LogP contribution in [0.25, 0.3) is 0 Å². The van der Waals surface area contributed by atoms with Crippen LogP contribution < -0.4 is 5.32 Å². The van der Waals surface area contributed by atoms with E-state index in [0.29, 0.717) is 10.0 Å². The predicted molar refractivity (Wildman–Crippen MR) is 66.4 cm³/mol. The fraction of sp³-hybridized carbons (Fsp3) is 0.333. The summed E-state index contributed by atoms with van der Waals surface area (Å²) in [5.74, 6) is 0. The highest BCUT2D eigenvalue weighted by Gasteiger charge is 2.13. The van der Waals surface area contributed by atoms with Gasteiger partial charge in [-0.2, -0.15) is 0 Å². The van der Waals surface area contributed by atoms with Gasteiger partial charge in [0.15, 0.2) is 0 Å². The molecule has 2 rings (SSSR count). The molecule has 0 atom stereocenters. The van der Waals surface area contributed by atoms with Gasteiger partial charge in [0, 0.05) is 6.54 Å². The first-order chi connectivity index (χ1) is 5.79. The molecule has 0 radical (unpaired) electrons. The third-order valence-corrected chi connectivity index (χ3v) is 3.01. The van der Waals surface area contributed by atoms with Crippen LogP contribution in [0, 0.1) is 0 Å². The first-order valence-corrected chi connectivity index (χ1v) is 4.71. The molecule has 1 heterocycles. The summed E-state index contributed by atoms with van der Waals surface area (Å²) in [6.45, 7) is 1.87. The molecule has 0 fully saturated rings. The molecular formula is C9H11Cl4N. The summed E-state index contributed by atoms with van der Waals surface area (Å²) in [4.78, 5) is 0. The van der Waals surface area contributed by atoms with E-state index in [4.69, 9.17) is 23.2 Å². The molecule has 5 heteroatoms. The van der Waals surface area contributed by atoms with Crippen molar-refractivity contribution in [3.63, 3.8) is 0 Å². The van der Waals surface area contributed by atoms with Gasteiger partial charge < -0.3 is 5.32 Å². The van der Waals surface area contributed by atoms with Gasteiger partial charge in [-0.1, -0.05) is 29.3 Å². The van der Waals surface area contributed by atoms with E-state index in [1.807, 2.05) is 6.07 Å². The molecular weight excluding hydrogens is 264 g/mol. The summed E-state index contributed by atoms with van der Waals surface area (Å²) in [6, 6.07) is 3.93. The van der Waals surface area contributed by atoms with Crippen molar-refractivity contribution < 1.29 is 0 Å². The van der Waals surface area contributed by atoms with Gasteiger partial charge in [0.05, 0.1) is 10.0 Å². The van der Waals surface area contributed by atoms with Crippen molar-refractivity contribution in [2.75, 3.05) is 6.54 Å². The SMILES string of the molecule is Cl.Cl.Clc1ccc2c(c1Cl)CNCC2. The van der Waals surface area contributed by atoms with Crippen LogP contribution in [-0.2, 0) is 13.0 Å². The molecule has 0 saturated heterocycles. The molecule has 0 bridgehead atoms. The maximum absolute atomic E-state index is 6.04. The van der Waals surface area contributed by atoms with Gasteiger partial charge >= 0.3 is 0 Å². The Hall–Kier alpha value is 0.340. The summed E-state index contributed by atoms with van der Waals surface area (Å²) in [6.07, 6.45) is 1.05. The molecule has 1 aromatic rings. The van der Waals surface area contributed by atoms with E-state index in [9.17, 15) is 0 Å². The number of hydrogen-bond acceptors (Lipinski definition) is 1. The standard InChI is InChI=1S/C9H9Cl2N.2ClH/c10-8-2-1-6-3-4-12-5-7(6)9(8)11;;/h1-2,12H,3-5H2;2*1H. The van der Waals surface area contributed by atoms with Gasteiger partial charge in [-0.3, -0.25) is 0 Å². The van der Waals surface area contributed by atoms with E-state index < -0.39 is 0 Å². The van der Waals surface area contributed by atoms with Crippen LogP contribution in [-0.4, -0.2) is 6.54 Å². The van der Waals surface area contributed by atoms with Crippen LogP contribution in [0.5, 0.6) is 0 Å². The maximum Gasteiger partial charge on any atom is 0.0639 e. The minimum atomic E-state index is 0. The number of nitrogens with one attached hydrogen (secondary N) is 1. The predicted octanol–water partition coefficient (Wildman–Crippen LogP) is 3.48. The average molecular weight is 275 g/mol. The van der Waals surface area contributed by atoms with Crippen LogP contribution in [0.1, 0.15) is 11.1 Å². The van der Waals surface area contributed by atoms with Crippen LogP contribution in [0.3, 0.4) is 0 Å². The van der Waals surface area contributed by atoms with E-state index in [1.54, 1.807) is 0 Å². The fourth-order valence-electron chi connectivity index (χ4n) is 1.49. The Balaban J connectivity index is 0.000000845. The van der Waals surface area contributed by atoms with Crippen molar-refractivity contribution in [1.82, 2.24) is 5.32 Å². The topological polar surface area (TPSA) is 12.0 Å². The molecule has 1 aliphatic heterocycles. The van der Waals surface area contributed by atoms with Crippen LogP contribution >= 0.6 is 48.0 Å². The number of halogens is 4. The highest BCUT2D eigenvalue weighted by atomic mass is 35.5. The summed E-state index contributed by atoms with van der Waals surface area (Å²) >= 11 is 11.9. The maximum atomic E-state index is 6.04. The number of benzene rings is 1. The normalized spacial score (nSPS) is 13.6. The highest BCUT2D eigenvalue weighted by Crippen LogP contribution is 2.29. The molecule has 1 aliphatic rings. The van der Waals surface area contributed by atoms with Gasteiger partial charge in [0.1, 0.15) is 0 Å². The Morgan fingerprint density at radius 2 is 1.86 bits per heavy atom. The van der Waals surface area contributed by atoms with Gasteiger partial charge in [-0.25, -0.2) is 0 Å². The van der Waals surface area contributed by atoms with Gasteiger partial charge in [-0.05, 0) is 30.2 Å². The van der Waals surface area contributed by atoms with Crippen molar-refractivity contribution in [3.8, 4) is 0 Å². The lowest BCUT2D eigenvalue weighted by Crippen LogP contribution is -2.23. The molecule has 0 amide bonds. The Bertz CT molecular complexity index is 314. The number of rotatable bonds is 0. The molecule has 0 saturated carbocycles. The first-order valence-electron chi connectivity index (χ1n) is 3.95. The van der Waals surface area contributed by atoms with Crippen LogP contribution in [0.15, 0.2) is 12.1 Å². The van der Waals surface area contributed by atoms with Gasteiger partial charge in [0.2, 0.25) is 0 Å². The minimum absolute atomic E-state index is 0. The molecule has 14 heavy (non-hydrogen) atoms. The van der Waals surface area contributed by atoms with E-state index >= 15 is 0 Å². The Morgan fingerprint density at radius 3 is 2.57 bits per heavy atom. The Morgan fingerprint density at radius 1 is 1.14 bits per heavy atom. The molecule has 80 valence electrons. The second kappa shape index (κ2) is 6.04. The lowest BCUT2D eigenvalue weighted by molar-refractivity contribution is 0.644. The van der Waals surface area contributed by atoms with Crippen molar-refractivity contribution in [1.29, 1.82) is 0 Å². The number of hydrogen-bond donors (Lipinski definition) is 1. The van der Waals surface area contributed by atoms with Crippen molar-refractivity contribution in [3.05, 3.63) is 33.3 Å². The smallest absolute Gasteiger partial charge is 0.0639 e. The first kappa shape index (κ1) is 14.3. The summed E-state index contributed by atoms with van der Waals surface area (Å²) in [5.41, 5.74) is 2.48. The zero-order valence-electron chi connectivity index (χ0n) is 7.35. The second-order valence-electron chi connectivity index (χ2n) is 2.93. The zero-order chi connectivity index (χ0) is 8.55. The third-order valence-electron chi connectivity index (χ3n) is 2.17. The van der Waals surface area contributed by atoms with Crippen LogP contribution in [0.2, 0.25) is 10.0 Å². The Labute approximate surface area is 106 Å². The molecule has 0 unspecified atom stereocenters. The monoisotopic (exact) mass is 273 g/mol. The quantitative estimate of drug-likeness (QED) is 0.764. The molecule has 1 aromatic carbocycles. The van der Waals surface area contributed by atoms with E-state index in [2.05, 4.69) is 11.4 Å². The fourth-order valence-corrected chi connectivity index (χ4v) is 1.92. The summed E-state index contributed by atoms with van der Waals surface area (Å²) < 4.78 is 0. The Kier molecular flexibility index (Phi) is 6.19. The lowest BCUT2D eigenvalue weighted by atomic mass is 10.0. The van der Waals surface area contributed by atoms with E-state index in [-0.39, 0.29) is 24.8 Å². The summed E-state index contributed by atoms with van der Waals surface area (Å²) in [5, 5.41) is 4.63. The van der Waals surface area contributed by atoms with E-state index in [0.717, 1.165) is 25.1 Å². The zero-order valence-corrected chi connectivity index (χ0v) is 10.5. The lowest BCUT2D eigenvalue weighted by Gasteiger charge is -2.18. The van der Waals surface area contributed by atoms with Crippen molar-refractivity contribution in [2.45, 2.75) is 13.0 Å². The van der Waals surface area contributed by atoms with Crippen molar-refractivity contribution >= 4 is 48.0 Å². The second-order valence-corrected chi connectivity index (χ2v) is 3.71. The largest absolute Gasteiger partial charge is 0.312 e. The van der Waals surface area contributed by atoms with Gasteiger partial charge in [0.25, 0.3) is 0 Å². The molecule has 0 aromatic heterocycles. The minimum Gasteiger partial charge on any atom is -0.312 e. The molecule has 0 aliphatic carbocycles. The third kappa shape index (κ3) is 2.68. The molecule has 0 spiro atoms. The van der Waals surface area contributed by atoms with Gasteiger partial charge in [-0.15, -0.1) is 24.8 Å². The average Bonchev–Trinajstić information content (AvgIpc) is 2.12. The number of fused-ring (bicyclic) bond motifs is 1. The molecule has 1 N–H and O–H groups in total. The van der Waals surface area contributed by atoms with E-state index in [1.165, 1.54) is 5.56 Å². The molecule has 1 nitrogen and oxygen atoms in total. The van der Waals surface area contributed by atoms with Crippen molar-refractivity contribution in [2.24, 2.45) is 0 Å². The van der Waals surface area contributed by atoms with Crippen LogP contribution in [0.4, 0.5) is 0 Å². The summed E-state index contributed by atoms with van der Waals surface area (Å²) in [7, 11) is 0. The highest BCUT2D eigenvalue weighted by molar-refractivity contribution is 6.42.